The van der Waals surface area contributed by atoms with Crippen LogP contribution in [0.3, 0.4) is 0 Å². The van der Waals surface area contributed by atoms with Gasteiger partial charge in [0.2, 0.25) is 0 Å². The number of fused-ring (bicyclic) bond motifs is 2. The van der Waals surface area contributed by atoms with Crippen LogP contribution in [0.5, 0.6) is 5.75 Å². The van der Waals surface area contributed by atoms with Gasteiger partial charge in [0.1, 0.15) is 11.4 Å². The quantitative estimate of drug-likeness (QED) is 0.254. The highest BCUT2D eigenvalue weighted by Gasteiger charge is 2.55. The number of aliphatic hydroxyl groups is 1. The average molecular weight is 655 g/mol. The second-order valence-corrected chi connectivity index (χ2v) is 16.1. The Morgan fingerprint density at radius 3 is 2.64 bits per heavy atom. The SMILES string of the molecule is C=S1NC(=O)c2ccc3c(c2)N(CC(c2ccc(Cl)cc2CCC)CO3)CC2CCC2C(OC)(C(C)(C)O)/C=C/CC(C)C1C. The minimum absolute atomic E-state index is 0.108. The van der Waals surface area contributed by atoms with E-state index in [1.807, 2.05) is 38.1 Å². The highest BCUT2D eigenvalue weighted by atomic mass is 35.5. The van der Waals surface area contributed by atoms with Crippen molar-refractivity contribution >= 4 is 39.7 Å². The van der Waals surface area contributed by atoms with E-state index in [2.05, 4.69) is 60.5 Å². The molecular formula is C37H51ClN2O4S. The first-order valence-corrected chi connectivity index (χ1v) is 18.3. The third-order valence-electron chi connectivity index (χ3n) is 10.6. The molecule has 2 aromatic carbocycles. The van der Waals surface area contributed by atoms with Gasteiger partial charge in [0, 0.05) is 42.0 Å². The fourth-order valence-corrected chi connectivity index (χ4v) is 8.95. The molecule has 2 aromatic rings. The molecule has 1 saturated carbocycles. The summed E-state index contributed by atoms with van der Waals surface area (Å²) < 4.78 is 16.1. The zero-order valence-electron chi connectivity index (χ0n) is 27.8. The molecule has 1 aliphatic carbocycles. The van der Waals surface area contributed by atoms with E-state index >= 15 is 0 Å². The zero-order chi connectivity index (χ0) is 32.5. The van der Waals surface area contributed by atoms with Crippen molar-refractivity contribution < 1.29 is 19.4 Å². The maximum atomic E-state index is 13.6. The molecule has 8 heteroatoms. The maximum Gasteiger partial charge on any atom is 0.260 e. The number of hydrogen-bond acceptors (Lipinski definition) is 5. The number of carbonyl (C=O) groups is 1. The summed E-state index contributed by atoms with van der Waals surface area (Å²) in [4.78, 5) is 16.0. The van der Waals surface area contributed by atoms with Gasteiger partial charge in [-0.25, -0.2) is 0 Å². The van der Waals surface area contributed by atoms with Gasteiger partial charge in [-0.15, -0.1) is 0 Å². The number of ether oxygens (including phenoxy) is 2. The van der Waals surface area contributed by atoms with Crippen molar-refractivity contribution in [2.24, 2.45) is 17.8 Å². The molecule has 246 valence electrons. The molecule has 1 fully saturated rings. The number of nitrogens with zero attached hydrogens (tertiary/aromatic N) is 1. The largest absolute Gasteiger partial charge is 0.491 e. The average Bonchev–Trinajstić information content (AvgIpc) is 3.16. The van der Waals surface area contributed by atoms with Gasteiger partial charge in [0.15, 0.2) is 0 Å². The van der Waals surface area contributed by atoms with E-state index in [0.29, 0.717) is 12.2 Å². The molecule has 2 bridgehead atoms. The first-order chi connectivity index (χ1) is 21.4. The number of benzene rings is 2. The minimum atomic E-state index is -1.08. The van der Waals surface area contributed by atoms with Crippen molar-refractivity contribution in [2.45, 2.75) is 89.1 Å². The third kappa shape index (κ3) is 6.88. The molecule has 1 amide bonds. The fourth-order valence-electron chi connectivity index (χ4n) is 7.54. The number of halogens is 1. The molecule has 6 nitrogen and oxygen atoms in total. The number of rotatable bonds is 5. The Morgan fingerprint density at radius 2 is 1.98 bits per heavy atom. The number of nitrogens with one attached hydrogen (secondary N) is 1. The predicted octanol–water partition coefficient (Wildman–Crippen LogP) is 7.79. The first-order valence-electron chi connectivity index (χ1n) is 16.5. The van der Waals surface area contributed by atoms with Crippen LogP contribution in [0.1, 0.15) is 87.7 Å². The number of hydrogen-bond donors (Lipinski definition) is 2. The summed E-state index contributed by atoms with van der Waals surface area (Å²) in [6.45, 7) is 12.3. The van der Waals surface area contributed by atoms with Crippen LogP contribution < -0.4 is 14.4 Å². The van der Waals surface area contributed by atoms with Gasteiger partial charge in [-0.2, -0.15) is 0 Å². The van der Waals surface area contributed by atoms with E-state index in [4.69, 9.17) is 21.1 Å². The van der Waals surface area contributed by atoms with Gasteiger partial charge in [0.05, 0.1) is 17.9 Å². The lowest BCUT2D eigenvalue weighted by atomic mass is 9.59. The molecule has 0 saturated heterocycles. The van der Waals surface area contributed by atoms with Crippen LogP contribution in [0.25, 0.3) is 0 Å². The molecular weight excluding hydrogens is 604 g/mol. The van der Waals surface area contributed by atoms with Crippen LogP contribution in [-0.2, 0) is 11.2 Å². The zero-order valence-corrected chi connectivity index (χ0v) is 29.3. The van der Waals surface area contributed by atoms with Crippen LogP contribution in [0.4, 0.5) is 5.69 Å². The van der Waals surface area contributed by atoms with Crippen LogP contribution in [0.2, 0.25) is 5.02 Å². The van der Waals surface area contributed by atoms with E-state index in [-0.39, 0.29) is 34.8 Å². The summed E-state index contributed by atoms with van der Waals surface area (Å²) in [6.07, 6.45) is 9.10. The van der Waals surface area contributed by atoms with Crippen molar-refractivity contribution in [3.05, 3.63) is 70.3 Å². The monoisotopic (exact) mass is 654 g/mol. The number of anilines is 1. The third-order valence-corrected chi connectivity index (χ3v) is 12.6. The van der Waals surface area contributed by atoms with Gasteiger partial charge in [-0.1, -0.05) is 73.6 Å². The number of amides is 1. The minimum Gasteiger partial charge on any atom is -0.491 e. The lowest BCUT2D eigenvalue weighted by Crippen LogP contribution is -2.61. The van der Waals surface area contributed by atoms with E-state index in [1.165, 1.54) is 11.1 Å². The Balaban J connectivity index is 1.60. The van der Waals surface area contributed by atoms with Gasteiger partial charge in [-0.3, -0.25) is 4.79 Å². The Morgan fingerprint density at radius 1 is 1.20 bits per heavy atom. The lowest BCUT2D eigenvalue weighted by molar-refractivity contribution is -0.181. The van der Waals surface area contributed by atoms with E-state index < -0.39 is 21.9 Å². The Bertz CT molecular complexity index is 1440. The second-order valence-electron chi connectivity index (χ2n) is 13.9. The van der Waals surface area contributed by atoms with Crippen molar-refractivity contribution in [1.29, 1.82) is 0 Å². The highest BCUT2D eigenvalue weighted by molar-refractivity contribution is 8.13. The van der Waals surface area contributed by atoms with Crippen molar-refractivity contribution in [3.8, 4) is 5.75 Å². The molecule has 2 N–H and O–H groups in total. The predicted molar refractivity (Wildman–Crippen MR) is 189 cm³/mol. The second kappa shape index (κ2) is 13.8. The van der Waals surface area contributed by atoms with Gasteiger partial charge >= 0.3 is 0 Å². The van der Waals surface area contributed by atoms with Gasteiger partial charge in [0.25, 0.3) is 5.91 Å². The lowest BCUT2D eigenvalue weighted by Gasteiger charge is -2.54. The summed E-state index contributed by atoms with van der Waals surface area (Å²) in [5.74, 6) is 5.83. The summed E-state index contributed by atoms with van der Waals surface area (Å²) in [7, 11) is 1.15. The van der Waals surface area contributed by atoms with Crippen LogP contribution in [0.15, 0.2) is 48.6 Å². The molecule has 2 heterocycles. The number of carbonyl (C=O) groups excluding carboxylic acids is 1. The molecule has 45 heavy (non-hydrogen) atoms. The molecule has 3 aliphatic rings. The molecule has 7 unspecified atom stereocenters. The topological polar surface area (TPSA) is 71.0 Å². The normalized spacial score (nSPS) is 31.6. The Labute approximate surface area is 277 Å². The van der Waals surface area contributed by atoms with Crippen molar-refractivity contribution in [1.82, 2.24) is 4.72 Å². The summed E-state index contributed by atoms with van der Waals surface area (Å²) >= 11 is 6.45. The summed E-state index contributed by atoms with van der Waals surface area (Å²) in [5.41, 5.74) is 2.16. The molecule has 0 radical (unpaired) electrons. The van der Waals surface area contributed by atoms with Crippen LogP contribution in [-0.4, -0.2) is 60.1 Å². The first kappa shape index (κ1) is 34.0. The molecule has 0 spiro atoms. The Kier molecular flexibility index (Phi) is 10.4. The smallest absolute Gasteiger partial charge is 0.260 e. The fraction of sp³-hybridized carbons (Fsp3) is 0.568. The number of allylic oxidation sites excluding steroid dienone is 1. The molecule has 7 atom stereocenters. The van der Waals surface area contributed by atoms with E-state index in [9.17, 15) is 9.90 Å². The van der Waals surface area contributed by atoms with Gasteiger partial charge < -0.3 is 24.2 Å². The van der Waals surface area contributed by atoms with E-state index in [1.54, 1.807) is 7.11 Å². The molecule has 5 rings (SSSR count). The van der Waals surface area contributed by atoms with Crippen LogP contribution >= 0.6 is 22.3 Å². The number of methoxy groups -OCH3 is 1. The van der Waals surface area contributed by atoms with Crippen LogP contribution in [0, 0.1) is 17.8 Å². The molecule has 2 aliphatic heterocycles. The standard InChI is InChI=1S/C37H51ClN2O4S/c1-8-10-26-19-30(38)14-15-31(26)29-22-40-21-28-12-16-32(28)37(43-6,36(4,5)42)18-9-11-24(2)25(3)45(7)39-35(41)27-13-17-34(44-23-29)33(40)20-27/h9,13-15,17-20,24-25,28-29,32,42H,7-8,10-12,16,21-23H2,1-6H3,(H,39,41)/b18-9+. The Hall–Kier alpha value is -2.32. The summed E-state index contributed by atoms with van der Waals surface area (Å²) in [5, 5.41) is 12.6. The number of aryl methyl sites for hydroxylation is 1. The summed E-state index contributed by atoms with van der Waals surface area (Å²) in [6, 6.07) is 12.0. The van der Waals surface area contributed by atoms with E-state index in [0.717, 1.165) is 61.7 Å². The van der Waals surface area contributed by atoms with Gasteiger partial charge in [-0.05, 0) is 98.7 Å². The molecule has 0 aromatic heterocycles. The van der Waals surface area contributed by atoms with Crippen molar-refractivity contribution in [2.75, 3.05) is 31.7 Å². The van der Waals surface area contributed by atoms with Crippen molar-refractivity contribution in [3.63, 3.8) is 0 Å². The highest BCUT2D eigenvalue weighted by Crippen LogP contribution is 2.50. The maximum absolute atomic E-state index is 13.6.